The van der Waals surface area contributed by atoms with Crippen molar-refractivity contribution in [2.75, 3.05) is 7.11 Å². The Morgan fingerprint density at radius 2 is 1.08 bits per heavy atom. The molecule has 0 heterocycles. The van der Waals surface area contributed by atoms with E-state index in [1.54, 1.807) is 0 Å². The Morgan fingerprint density at radius 1 is 0.731 bits per heavy atom. The highest BCUT2D eigenvalue weighted by atomic mass is 19.1. The van der Waals surface area contributed by atoms with Crippen molar-refractivity contribution in [1.82, 2.24) is 0 Å². The molecule has 0 atom stereocenters. The van der Waals surface area contributed by atoms with Crippen LogP contribution < -0.4 is 0 Å². The second-order valence-corrected chi connectivity index (χ2v) is 4.60. The summed E-state index contributed by atoms with van der Waals surface area (Å²) in [4.78, 5) is 35.3. The summed E-state index contributed by atoms with van der Waals surface area (Å²) in [6.07, 6.45) is -0.316. The van der Waals surface area contributed by atoms with Crippen LogP contribution in [0, 0.1) is 5.82 Å². The second-order valence-electron chi connectivity index (χ2n) is 4.60. The molecule has 26 heavy (non-hydrogen) atoms. The molecule has 0 N–H and O–H groups in total. The van der Waals surface area contributed by atoms with Gasteiger partial charge < -0.3 is 4.74 Å². The highest BCUT2D eigenvalue weighted by Crippen LogP contribution is 2.11. The number of ether oxygens (including phenoxy) is 1. The van der Waals surface area contributed by atoms with Crippen LogP contribution in [0.5, 0.6) is 0 Å². The van der Waals surface area contributed by atoms with Crippen LogP contribution in [0.2, 0.25) is 0 Å². The quantitative estimate of drug-likeness (QED) is 0.422. The zero-order valence-corrected chi connectivity index (χ0v) is 15.8. The number of esters is 1. The molecule has 0 aliphatic heterocycles. The molecule has 0 aromatic heterocycles. The standard InChI is InChI=1S/C17H13FO4.2C2H6/c1-22-17(21)13-4-2-11(3-5-13)15(19)10-16(20)12-6-8-14(18)9-7-12;2*1-2/h2-9H,10H2,1H3;2*1-2H3. The summed E-state index contributed by atoms with van der Waals surface area (Å²) < 4.78 is 17.4. The normalized spacial score (nSPS) is 9.00. The predicted octanol–water partition coefficient (Wildman–Crippen LogP) is 5.12. The van der Waals surface area contributed by atoms with Crippen LogP contribution in [0.25, 0.3) is 0 Å². The van der Waals surface area contributed by atoms with E-state index in [0.29, 0.717) is 11.1 Å². The van der Waals surface area contributed by atoms with Gasteiger partial charge in [-0.25, -0.2) is 9.18 Å². The Labute approximate surface area is 154 Å². The molecule has 0 aliphatic rings. The van der Waals surface area contributed by atoms with Gasteiger partial charge in [-0.05, 0) is 36.4 Å². The summed E-state index contributed by atoms with van der Waals surface area (Å²) in [5, 5.41) is 0. The molecular weight excluding hydrogens is 335 g/mol. The Bertz CT molecular complexity index is 704. The van der Waals surface area contributed by atoms with E-state index in [0.717, 1.165) is 0 Å². The molecule has 2 aromatic carbocycles. The van der Waals surface area contributed by atoms with Crippen LogP contribution in [-0.2, 0) is 4.74 Å². The molecule has 0 bridgehead atoms. The third-order valence-corrected chi connectivity index (χ3v) is 3.12. The number of hydrogen-bond donors (Lipinski definition) is 0. The average Bonchev–Trinajstić information content (AvgIpc) is 2.71. The van der Waals surface area contributed by atoms with E-state index in [1.807, 2.05) is 27.7 Å². The van der Waals surface area contributed by atoms with Gasteiger partial charge in [-0.2, -0.15) is 0 Å². The van der Waals surface area contributed by atoms with E-state index >= 15 is 0 Å². The lowest BCUT2D eigenvalue weighted by atomic mass is 10.0. The molecule has 0 aliphatic carbocycles. The number of benzene rings is 2. The van der Waals surface area contributed by atoms with Gasteiger partial charge >= 0.3 is 5.97 Å². The van der Waals surface area contributed by atoms with Crippen molar-refractivity contribution in [1.29, 1.82) is 0 Å². The molecule has 0 radical (unpaired) electrons. The Kier molecular flexibility index (Phi) is 11.2. The molecule has 0 spiro atoms. The number of halogens is 1. The minimum Gasteiger partial charge on any atom is -0.465 e. The van der Waals surface area contributed by atoms with E-state index in [2.05, 4.69) is 4.74 Å². The smallest absolute Gasteiger partial charge is 0.337 e. The lowest BCUT2D eigenvalue weighted by Crippen LogP contribution is -2.09. The maximum absolute atomic E-state index is 12.8. The second kappa shape index (κ2) is 12.5. The van der Waals surface area contributed by atoms with Crippen molar-refractivity contribution in [2.45, 2.75) is 34.1 Å². The highest BCUT2D eigenvalue weighted by Gasteiger charge is 2.14. The zero-order valence-electron chi connectivity index (χ0n) is 15.8. The molecule has 2 aromatic rings. The van der Waals surface area contributed by atoms with Crippen molar-refractivity contribution in [3.63, 3.8) is 0 Å². The first kappa shape index (κ1) is 23.2. The van der Waals surface area contributed by atoms with Crippen molar-refractivity contribution in [2.24, 2.45) is 0 Å². The van der Waals surface area contributed by atoms with Gasteiger partial charge in [0, 0.05) is 11.1 Å². The highest BCUT2D eigenvalue weighted by molar-refractivity contribution is 6.13. The third kappa shape index (κ3) is 6.97. The van der Waals surface area contributed by atoms with Crippen LogP contribution >= 0.6 is 0 Å². The maximum Gasteiger partial charge on any atom is 0.337 e. The summed E-state index contributed by atoms with van der Waals surface area (Å²) in [7, 11) is 1.27. The van der Waals surface area contributed by atoms with Crippen molar-refractivity contribution < 1.29 is 23.5 Å². The average molecular weight is 360 g/mol. The molecule has 140 valence electrons. The predicted molar refractivity (Wildman–Crippen MR) is 100 cm³/mol. The van der Waals surface area contributed by atoms with Gasteiger partial charge in [-0.3, -0.25) is 9.59 Å². The molecular formula is C21H25FO4. The number of hydrogen-bond acceptors (Lipinski definition) is 4. The first-order valence-corrected chi connectivity index (χ1v) is 8.51. The third-order valence-electron chi connectivity index (χ3n) is 3.12. The fourth-order valence-electron chi connectivity index (χ4n) is 1.90. The fourth-order valence-corrected chi connectivity index (χ4v) is 1.90. The van der Waals surface area contributed by atoms with Crippen molar-refractivity contribution >= 4 is 17.5 Å². The molecule has 0 fully saturated rings. The van der Waals surface area contributed by atoms with E-state index in [1.165, 1.54) is 55.6 Å². The van der Waals surface area contributed by atoms with E-state index in [4.69, 9.17) is 0 Å². The van der Waals surface area contributed by atoms with Crippen molar-refractivity contribution in [3.8, 4) is 0 Å². The first-order valence-electron chi connectivity index (χ1n) is 8.51. The van der Waals surface area contributed by atoms with Gasteiger partial charge in [0.1, 0.15) is 5.82 Å². The van der Waals surface area contributed by atoms with E-state index < -0.39 is 11.8 Å². The molecule has 0 amide bonds. The fraction of sp³-hybridized carbons (Fsp3) is 0.286. The molecule has 4 nitrogen and oxygen atoms in total. The first-order chi connectivity index (χ1) is 12.5. The summed E-state index contributed by atoms with van der Waals surface area (Å²) in [6.45, 7) is 8.00. The Morgan fingerprint density at radius 3 is 1.46 bits per heavy atom. The largest absolute Gasteiger partial charge is 0.465 e. The lowest BCUT2D eigenvalue weighted by molar-refractivity contribution is 0.0600. The summed E-state index contributed by atoms with van der Waals surface area (Å²) in [5.41, 5.74) is 0.924. The van der Waals surface area contributed by atoms with Crippen LogP contribution in [-0.4, -0.2) is 24.6 Å². The van der Waals surface area contributed by atoms with Gasteiger partial charge in [-0.1, -0.05) is 39.8 Å². The van der Waals surface area contributed by atoms with Crippen LogP contribution in [0.1, 0.15) is 65.2 Å². The van der Waals surface area contributed by atoms with Crippen LogP contribution in [0.15, 0.2) is 48.5 Å². The Balaban J connectivity index is 0.00000146. The molecule has 5 heteroatoms. The lowest BCUT2D eigenvalue weighted by Gasteiger charge is -2.03. The van der Waals surface area contributed by atoms with Crippen LogP contribution in [0.3, 0.4) is 0 Å². The summed E-state index contributed by atoms with van der Waals surface area (Å²) in [5.74, 6) is -1.70. The molecule has 0 unspecified atom stereocenters. The monoisotopic (exact) mass is 360 g/mol. The number of carbonyl (C=O) groups excluding carboxylic acids is 3. The van der Waals surface area contributed by atoms with Gasteiger partial charge in [0.15, 0.2) is 11.6 Å². The van der Waals surface area contributed by atoms with E-state index in [9.17, 15) is 18.8 Å². The number of carbonyl (C=O) groups is 3. The summed E-state index contributed by atoms with van der Waals surface area (Å²) >= 11 is 0. The number of methoxy groups -OCH3 is 1. The Hall–Kier alpha value is -2.82. The van der Waals surface area contributed by atoms with Gasteiger partial charge in [0.25, 0.3) is 0 Å². The summed E-state index contributed by atoms with van der Waals surface area (Å²) in [6, 6.07) is 10.9. The minimum atomic E-state index is -0.499. The maximum atomic E-state index is 12.8. The van der Waals surface area contributed by atoms with Gasteiger partial charge in [0.2, 0.25) is 0 Å². The topological polar surface area (TPSA) is 60.4 Å². The number of Topliss-reactive ketones (excluding diaryl/α,β-unsaturated/α-hetero) is 2. The van der Waals surface area contributed by atoms with Crippen LogP contribution in [0.4, 0.5) is 4.39 Å². The molecule has 2 rings (SSSR count). The van der Waals surface area contributed by atoms with Gasteiger partial charge in [0.05, 0.1) is 19.1 Å². The number of ketones is 2. The van der Waals surface area contributed by atoms with E-state index in [-0.39, 0.29) is 23.6 Å². The SMILES string of the molecule is CC.CC.COC(=O)c1ccc(C(=O)CC(=O)c2ccc(F)cc2)cc1. The minimum absolute atomic E-state index is 0.279. The molecule has 0 saturated carbocycles. The number of rotatable bonds is 5. The van der Waals surface area contributed by atoms with Crippen molar-refractivity contribution in [3.05, 3.63) is 71.0 Å². The zero-order chi connectivity index (χ0) is 20.1. The molecule has 0 saturated heterocycles. The van der Waals surface area contributed by atoms with Gasteiger partial charge in [-0.15, -0.1) is 0 Å².